The normalized spacial score (nSPS) is 12.9. The number of amides is 5. The zero-order valence-electron chi connectivity index (χ0n) is 32.3. The van der Waals surface area contributed by atoms with E-state index in [1.165, 1.54) is 24.0 Å². The first kappa shape index (κ1) is 44.0. The molecule has 0 bridgehead atoms. The van der Waals surface area contributed by atoms with Crippen molar-refractivity contribution in [3.8, 4) is 0 Å². The summed E-state index contributed by atoms with van der Waals surface area (Å²) < 4.78 is 49.9. The van der Waals surface area contributed by atoms with Gasteiger partial charge >= 0.3 is 18.4 Å². The lowest BCUT2D eigenvalue weighted by Crippen LogP contribution is -2.47. The number of hydrogen-bond acceptors (Lipinski definition) is 8. The maximum atomic E-state index is 13.6. The highest BCUT2D eigenvalue weighted by Gasteiger charge is 2.30. The first-order valence-corrected chi connectivity index (χ1v) is 17.9. The van der Waals surface area contributed by atoms with E-state index in [9.17, 15) is 37.1 Å². The molecule has 2 aromatic carbocycles. The molecule has 0 aliphatic heterocycles. The van der Waals surface area contributed by atoms with Gasteiger partial charge in [-0.25, -0.2) is 9.59 Å². The smallest absolute Gasteiger partial charge is 0.416 e. The number of carbonyl (C=O) groups excluding carboxylic acids is 5. The Morgan fingerprint density at radius 3 is 1.93 bits per heavy atom. The molecule has 16 heteroatoms. The maximum Gasteiger partial charge on any atom is 0.416 e. The molecule has 3 aromatic rings. The van der Waals surface area contributed by atoms with Crippen LogP contribution in [0.25, 0.3) is 10.9 Å². The first-order chi connectivity index (χ1) is 25.6. The Kier molecular flexibility index (Phi) is 15.4. The average Bonchev–Trinajstić information content (AvgIpc) is 3.07. The van der Waals surface area contributed by atoms with Crippen LogP contribution < -0.4 is 21.3 Å². The fourth-order valence-corrected chi connectivity index (χ4v) is 5.20. The number of alkyl carbamates (subject to hydrolysis) is 2. The molecule has 0 aliphatic rings. The molecule has 0 unspecified atom stereocenters. The lowest BCUT2D eigenvalue weighted by atomic mass is 10.0. The summed E-state index contributed by atoms with van der Waals surface area (Å²) in [6, 6.07) is 12.1. The van der Waals surface area contributed by atoms with Gasteiger partial charge in [0.05, 0.1) is 11.1 Å². The number of alkyl halides is 3. The largest absolute Gasteiger partial charge is 0.444 e. The minimum Gasteiger partial charge on any atom is -0.444 e. The molecule has 13 nitrogen and oxygen atoms in total. The third kappa shape index (κ3) is 15.8. The van der Waals surface area contributed by atoms with Gasteiger partial charge in [0.2, 0.25) is 17.7 Å². The number of rotatable bonds is 15. The third-order valence-electron chi connectivity index (χ3n) is 7.89. The highest BCUT2D eigenvalue weighted by Crippen LogP contribution is 2.29. The molecular weight excluding hydrogens is 721 g/mol. The van der Waals surface area contributed by atoms with E-state index in [-0.39, 0.29) is 45.4 Å². The van der Waals surface area contributed by atoms with Crippen molar-refractivity contribution < 1.29 is 46.6 Å². The molecule has 55 heavy (non-hydrogen) atoms. The molecule has 5 amide bonds. The number of aromatic nitrogens is 1. The molecule has 0 radical (unpaired) electrons. The summed E-state index contributed by atoms with van der Waals surface area (Å²) in [6.45, 7) is 11.9. The van der Waals surface area contributed by atoms with Crippen LogP contribution in [0.5, 0.6) is 0 Å². The predicted molar refractivity (Wildman–Crippen MR) is 201 cm³/mol. The van der Waals surface area contributed by atoms with E-state index in [4.69, 9.17) is 9.47 Å². The molecule has 0 spiro atoms. The van der Waals surface area contributed by atoms with Crippen LogP contribution in [0.1, 0.15) is 72.4 Å². The molecule has 0 aliphatic carbocycles. The van der Waals surface area contributed by atoms with Crippen LogP contribution in [0, 0.1) is 5.92 Å². The third-order valence-corrected chi connectivity index (χ3v) is 7.89. The standard InChI is InChI=1S/C39H51F3N6O7/c1-25(23-32(49)48(21-19-44-35(52)54-37(2,3)4)22-20-45-36(53)55-38(5,6)7)33(50)47-31(16-12-26-10-13-28(14-11-26)39(40,41)42)34(51)46-29-15-17-30-27(24-29)9-8-18-43-30/h8-11,13-15,17-18,24-25,31H,12,16,19-23H2,1-7H3,(H,44,52)(H,45,53)(H,46,51)(H,47,50)/t25-,31+/m0/s1. The van der Waals surface area contributed by atoms with Crippen molar-refractivity contribution >= 4 is 46.5 Å². The van der Waals surface area contributed by atoms with Crippen LogP contribution in [-0.4, -0.2) is 83.2 Å². The second-order valence-electron chi connectivity index (χ2n) is 15.0. The van der Waals surface area contributed by atoms with Gasteiger partial charge in [-0.05, 0) is 96.3 Å². The Labute approximate surface area is 319 Å². The molecule has 2 atom stereocenters. The van der Waals surface area contributed by atoms with Crippen molar-refractivity contribution in [1.29, 1.82) is 0 Å². The number of pyridine rings is 1. The van der Waals surface area contributed by atoms with E-state index < -0.39 is 64.8 Å². The summed E-state index contributed by atoms with van der Waals surface area (Å²) in [5, 5.41) is 11.5. The van der Waals surface area contributed by atoms with Crippen molar-refractivity contribution in [1.82, 2.24) is 25.8 Å². The van der Waals surface area contributed by atoms with E-state index in [0.717, 1.165) is 17.5 Å². The summed E-state index contributed by atoms with van der Waals surface area (Å²) in [6.07, 6.45) is -4.31. The Morgan fingerprint density at radius 1 is 0.800 bits per heavy atom. The first-order valence-electron chi connectivity index (χ1n) is 17.9. The summed E-state index contributed by atoms with van der Waals surface area (Å²) in [5.74, 6) is -2.57. The van der Waals surface area contributed by atoms with Crippen LogP contribution in [0.4, 0.5) is 28.4 Å². The van der Waals surface area contributed by atoms with E-state index in [0.29, 0.717) is 16.8 Å². The van der Waals surface area contributed by atoms with Gasteiger partial charge in [-0.2, -0.15) is 13.2 Å². The molecule has 3 rings (SSSR count). The Hall–Kier alpha value is -5.41. The second kappa shape index (κ2) is 19.3. The Balaban J connectivity index is 1.72. The van der Waals surface area contributed by atoms with Crippen LogP contribution in [0.2, 0.25) is 0 Å². The van der Waals surface area contributed by atoms with Crippen LogP contribution >= 0.6 is 0 Å². The topological polar surface area (TPSA) is 168 Å². The summed E-state index contributed by atoms with van der Waals surface area (Å²) in [5.41, 5.74) is -0.605. The van der Waals surface area contributed by atoms with Gasteiger partial charge in [0.15, 0.2) is 0 Å². The van der Waals surface area contributed by atoms with Gasteiger partial charge in [-0.3, -0.25) is 19.4 Å². The number of halogens is 3. The zero-order valence-corrected chi connectivity index (χ0v) is 32.3. The molecular formula is C39H51F3N6O7. The Morgan fingerprint density at radius 2 is 1.38 bits per heavy atom. The Bertz CT molecular complexity index is 1760. The van der Waals surface area contributed by atoms with Gasteiger partial charge in [-0.15, -0.1) is 0 Å². The second-order valence-corrected chi connectivity index (χ2v) is 15.0. The van der Waals surface area contributed by atoms with E-state index >= 15 is 0 Å². The summed E-state index contributed by atoms with van der Waals surface area (Å²) >= 11 is 0. The van der Waals surface area contributed by atoms with E-state index in [1.54, 1.807) is 72.0 Å². The number of ether oxygens (including phenoxy) is 2. The molecule has 4 N–H and O–H groups in total. The summed E-state index contributed by atoms with van der Waals surface area (Å²) in [7, 11) is 0. The van der Waals surface area contributed by atoms with Gasteiger partial charge in [0, 0.05) is 55.8 Å². The highest BCUT2D eigenvalue weighted by molar-refractivity contribution is 5.99. The maximum absolute atomic E-state index is 13.6. The lowest BCUT2D eigenvalue weighted by Gasteiger charge is -2.26. The predicted octanol–water partition coefficient (Wildman–Crippen LogP) is 6.21. The van der Waals surface area contributed by atoms with Crippen molar-refractivity contribution in [3.05, 3.63) is 71.9 Å². The number of hydrogen-bond donors (Lipinski definition) is 4. The number of benzene rings is 2. The summed E-state index contributed by atoms with van der Waals surface area (Å²) in [4.78, 5) is 70.7. The minimum atomic E-state index is -4.50. The van der Waals surface area contributed by atoms with Crippen molar-refractivity contribution in [3.63, 3.8) is 0 Å². The number of nitrogens with one attached hydrogen (secondary N) is 4. The number of nitrogens with zero attached hydrogens (tertiary/aromatic N) is 2. The average molecular weight is 773 g/mol. The van der Waals surface area contributed by atoms with Gasteiger partial charge < -0.3 is 35.6 Å². The van der Waals surface area contributed by atoms with Gasteiger partial charge in [-0.1, -0.05) is 25.1 Å². The number of aryl methyl sites for hydroxylation is 1. The van der Waals surface area contributed by atoms with Crippen LogP contribution in [0.3, 0.4) is 0 Å². The molecule has 0 fully saturated rings. The van der Waals surface area contributed by atoms with Crippen molar-refractivity contribution in [2.75, 3.05) is 31.5 Å². The monoisotopic (exact) mass is 772 g/mol. The van der Waals surface area contributed by atoms with Crippen molar-refractivity contribution in [2.45, 2.75) is 91.1 Å². The zero-order chi connectivity index (χ0) is 41.0. The van der Waals surface area contributed by atoms with E-state index in [2.05, 4.69) is 26.3 Å². The lowest BCUT2D eigenvalue weighted by molar-refractivity contribution is -0.137. The van der Waals surface area contributed by atoms with Gasteiger partial charge in [0.1, 0.15) is 17.2 Å². The minimum absolute atomic E-state index is 0.0185. The number of anilines is 1. The van der Waals surface area contributed by atoms with Crippen LogP contribution in [0.15, 0.2) is 60.8 Å². The molecule has 1 aromatic heterocycles. The fraction of sp³-hybridized carbons (Fsp3) is 0.487. The number of fused-ring (bicyclic) bond motifs is 1. The SMILES string of the molecule is C[C@@H](CC(=O)N(CCNC(=O)OC(C)(C)C)CCNC(=O)OC(C)(C)C)C(=O)N[C@H](CCc1ccc(C(F)(F)F)cc1)C(=O)Nc1ccc2ncccc2c1. The molecule has 0 saturated carbocycles. The van der Waals surface area contributed by atoms with Gasteiger partial charge in [0.25, 0.3) is 0 Å². The van der Waals surface area contributed by atoms with Crippen LogP contribution in [-0.2, 0) is 36.5 Å². The van der Waals surface area contributed by atoms with Crippen molar-refractivity contribution in [2.24, 2.45) is 5.92 Å². The fourth-order valence-electron chi connectivity index (χ4n) is 5.20. The molecule has 1 heterocycles. The number of carbonyl (C=O) groups is 5. The molecule has 300 valence electrons. The quantitative estimate of drug-likeness (QED) is 0.141. The molecule has 0 saturated heterocycles. The highest BCUT2D eigenvalue weighted by atomic mass is 19.4. The van der Waals surface area contributed by atoms with E-state index in [1.807, 2.05) is 6.07 Å².